The molecule has 4 aromatic rings. The van der Waals surface area contributed by atoms with Crippen molar-refractivity contribution in [2.75, 3.05) is 43.5 Å². The third-order valence-electron chi connectivity index (χ3n) is 6.15. The minimum Gasteiger partial charge on any atom is -0.494 e. The van der Waals surface area contributed by atoms with Gasteiger partial charge in [-0.05, 0) is 31.2 Å². The molecular formula is C25H26ClN7O3. The second-order valence-corrected chi connectivity index (χ2v) is 8.87. The van der Waals surface area contributed by atoms with E-state index in [9.17, 15) is 9.90 Å². The maximum Gasteiger partial charge on any atom is 0.251 e. The van der Waals surface area contributed by atoms with Crippen LogP contribution in [0.1, 0.15) is 6.92 Å². The van der Waals surface area contributed by atoms with Crippen molar-refractivity contribution < 1.29 is 14.6 Å². The van der Waals surface area contributed by atoms with Crippen molar-refractivity contribution in [1.29, 1.82) is 0 Å². The van der Waals surface area contributed by atoms with Crippen LogP contribution >= 0.6 is 11.6 Å². The lowest BCUT2D eigenvalue weighted by Crippen LogP contribution is -2.51. The molecular weight excluding hydrogens is 482 g/mol. The van der Waals surface area contributed by atoms with Crippen LogP contribution in [0.25, 0.3) is 17.0 Å². The minimum absolute atomic E-state index is 0.238. The summed E-state index contributed by atoms with van der Waals surface area (Å²) in [4.78, 5) is 29.3. The Labute approximate surface area is 213 Å². The van der Waals surface area contributed by atoms with Gasteiger partial charge in [-0.3, -0.25) is 9.20 Å². The van der Waals surface area contributed by atoms with Crippen LogP contribution in [-0.2, 0) is 4.79 Å². The number of ether oxygens (including phenoxy) is 1. The van der Waals surface area contributed by atoms with Gasteiger partial charge < -0.3 is 25.0 Å². The molecule has 4 heterocycles. The summed E-state index contributed by atoms with van der Waals surface area (Å²) in [6.45, 7) is 3.93. The van der Waals surface area contributed by atoms with Crippen molar-refractivity contribution in [1.82, 2.24) is 24.3 Å². The minimum atomic E-state index is -0.981. The fourth-order valence-corrected chi connectivity index (χ4v) is 4.45. The predicted molar refractivity (Wildman–Crippen MR) is 138 cm³/mol. The zero-order valence-corrected chi connectivity index (χ0v) is 20.7. The Balaban J connectivity index is 1.35. The maximum atomic E-state index is 12.0. The van der Waals surface area contributed by atoms with E-state index in [4.69, 9.17) is 16.3 Å². The van der Waals surface area contributed by atoms with E-state index >= 15 is 0 Å². The average molecular weight is 508 g/mol. The highest BCUT2D eigenvalue weighted by molar-refractivity contribution is 6.32. The lowest BCUT2D eigenvalue weighted by molar-refractivity contribution is -0.139. The van der Waals surface area contributed by atoms with Gasteiger partial charge in [0.1, 0.15) is 23.2 Å². The molecule has 36 heavy (non-hydrogen) atoms. The first-order valence-electron chi connectivity index (χ1n) is 11.6. The molecule has 1 amide bonds. The Morgan fingerprint density at radius 1 is 1.14 bits per heavy atom. The number of carbonyl (C=O) groups excluding carboxylic acids is 1. The maximum absolute atomic E-state index is 12.0. The van der Waals surface area contributed by atoms with Gasteiger partial charge in [0.25, 0.3) is 5.91 Å². The highest BCUT2D eigenvalue weighted by Gasteiger charge is 2.24. The van der Waals surface area contributed by atoms with Crippen molar-refractivity contribution in [3.8, 4) is 17.1 Å². The molecule has 0 bridgehead atoms. The number of pyridine rings is 1. The van der Waals surface area contributed by atoms with Gasteiger partial charge >= 0.3 is 0 Å². The summed E-state index contributed by atoms with van der Waals surface area (Å²) in [7, 11) is 1.61. The molecule has 0 spiro atoms. The number of anilines is 3. The summed E-state index contributed by atoms with van der Waals surface area (Å²) in [6.07, 6.45) is 4.22. The fourth-order valence-electron chi connectivity index (χ4n) is 4.26. The number of aliphatic hydroxyl groups is 1. The molecule has 11 heteroatoms. The monoisotopic (exact) mass is 507 g/mol. The Morgan fingerprint density at radius 2 is 1.94 bits per heavy atom. The highest BCUT2D eigenvalue weighted by atomic mass is 35.5. The standard InChI is InChI=1S/C25H26ClN7O3/c1-16(34)24(35)32-11-9-31(10-12-32)17-6-7-19(21(13-17)36-2)29-25-28-14-18(26)23(30-25)20-15-27-22-5-3-4-8-33(20)22/h3-8,13-16,34H,9-12H2,1-2H3,(H,28,29,30)/t16-/m0/s1. The van der Waals surface area contributed by atoms with Gasteiger partial charge in [0.2, 0.25) is 5.95 Å². The lowest BCUT2D eigenvalue weighted by atomic mass is 10.2. The number of hydrogen-bond donors (Lipinski definition) is 2. The molecule has 0 radical (unpaired) electrons. The van der Waals surface area contributed by atoms with Crippen LogP contribution in [0.3, 0.4) is 0 Å². The number of hydrogen-bond acceptors (Lipinski definition) is 8. The molecule has 1 saturated heterocycles. The van der Waals surface area contributed by atoms with Gasteiger partial charge in [-0.1, -0.05) is 17.7 Å². The van der Waals surface area contributed by atoms with Gasteiger partial charge in [-0.25, -0.2) is 15.0 Å². The van der Waals surface area contributed by atoms with Gasteiger partial charge in [0.05, 0.1) is 35.9 Å². The number of piperazine rings is 1. The summed E-state index contributed by atoms with van der Waals surface area (Å²) in [5.41, 5.74) is 3.80. The first-order valence-corrected chi connectivity index (χ1v) is 11.9. The number of benzene rings is 1. The number of aliphatic hydroxyl groups excluding tert-OH is 1. The number of rotatable bonds is 6. The van der Waals surface area contributed by atoms with Crippen molar-refractivity contribution in [3.63, 3.8) is 0 Å². The number of nitrogens with zero attached hydrogens (tertiary/aromatic N) is 6. The third-order valence-corrected chi connectivity index (χ3v) is 6.43. The lowest BCUT2D eigenvalue weighted by Gasteiger charge is -2.36. The first kappa shape index (κ1) is 23.8. The Bertz CT molecular complexity index is 1400. The van der Waals surface area contributed by atoms with Crippen LogP contribution in [0.4, 0.5) is 17.3 Å². The van der Waals surface area contributed by atoms with E-state index in [1.54, 1.807) is 24.4 Å². The number of fused-ring (bicyclic) bond motifs is 1. The summed E-state index contributed by atoms with van der Waals surface area (Å²) in [5, 5.41) is 13.2. The molecule has 1 aliphatic heterocycles. The normalized spacial score (nSPS) is 14.7. The van der Waals surface area contributed by atoms with E-state index in [1.807, 2.05) is 47.0 Å². The molecule has 0 unspecified atom stereocenters. The van der Waals surface area contributed by atoms with Gasteiger partial charge in [-0.15, -0.1) is 0 Å². The topological polar surface area (TPSA) is 108 Å². The van der Waals surface area contributed by atoms with Crippen molar-refractivity contribution in [3.05, 3.63) is 60.0 Å². The molecule has 10 nitrogen and oxygen atoms in total. The molecule has 0 aliphatic carbocycles. The quantitative estimate of drug-likeness (QED) is 0.409. The zero-order valence-electron chi connectivity index (χ0n) is 19.9. The van der Waals surface area contributed by atoms with Gasteiger partial charge in [0.15, 0.2) is 0 Å². The number of imidazole rings is 1. The average Bonchev–Trinajstić information content (AvgIpc) is 3.33. The van der Waals surface area contributed by atoms with E-state index in [0.717, 1.165) is 17.0 Å². The molecule has 5 rings (SSSR count). The number of amides is 1. The van der Waals surface area contributed by atoms with Crippen molar-refractivity contribution in [2.24, 2.45) is 0 Å². The Morgan fingerprint density at radius 3 is 2.69 bits per heavy atom. The van der Waals surface area contributed by atoms with Crippen LogP contribution in [0.15, 0.2) is 55.0 Å². The van der Waals surface area contributed by atoms with Crippen LogP contribution in [0.5, 0.6) is 5.75 Å². The number of methoxy groups -OCH3 is 1. The van der Waals surface area contributed by atoms with Crippen molar-refractivity contribution in [2.45, 2.75) is 13.0 Å². The number of aromatic nitrogens is 4. The number of halogens is 1. The van der Waals surface area contributed by atoms with E-state index in [1.165, 1.54) is 6.92 Å². The SMILES string of the molecule is COc1cc(N2CCN(C(=O)[C@H](C)O)CC2)ccc1Nc1ncc(Cl)c(-c2cnc3ccccn23)n1. The molecule has 186 valence electrons. The predicted octanol–water partition coefficient (Wildman–Crippen LogP) is 3.23. The molecule has 1 aromatic carbocycles. The van der Waals surface area contributed by atoms with Crippen LogP contribution < -0.4 is 15.0 Å². The first-order chi connectivity index (χ1) is 17.4. The molecule has 0 saturated carbocycles. The Hall–Kier alpha value is -3.89. The van der Waals surface area contributed by atoms with Crippen LogP contribution in [0, 0.1) is 0 Å². The molecule has 3 aromatic heterocycles. The molecule has 1 aliphatic rings. The third kappa shape index (κ3) is 4.65. The van der Waals surface area contributed by atoms with E-state index in [2.05, 4.69) is 25.2 Å². The Kier molecular flexibility index (Phi) is 6.62. The number of nitrogens with one attached hydrogen (secondary N) is 1. The second-order valence-electron chi connectivity index (χ2n) is 8.46. The molecule has 1 atom stereocenters. The molecule has 2 N–H and O–H groups in total. The van der Waals surface area contributed by atoms with E-state index < -0.39 is 6.10 Å². The van der Waals surface area contributed by atoms with Crippen LogP contribution in [0.2, 0.25) is 5.02 Å². The van der Waals surface area contributed by atoms with Gasteiger partial charge in [0, 0.05) is 44.1 Å². The van der Waals surface area contributed by atoms with E-state index in [0.29, 0.717) is 54.3 Å². The summed E-state index contributed by atoms with van der Waals surface area (Å²) >= 11 is 6.44. The summed E-state index contributed by atoms with van der Waals surface area (Å²) in [5.74, 6) is 0.763. The van der Waals surface area contributed by atoms with Gasteiger partial charge in [-0.2, -0.15) is 0 Å². The second kappa shape index (κ2) is 10.00. The summed E-state index contributed by atoms with van der Waals surface area (Å²) < 4.78 is 7.56. The smallest absolute Gasteiger partial charge is 0.251 e. The fraction of sp³-hybridized carbons (Fsp3) is 0.280. The van der Waals surface area contributed by atoms with E-state index in [-0.39, 0.29) is 5.91 Å². The number of carbonyl (C=O) groups is 1. The largest absolute Gasteiger partial charge is 0.494 e. The van der Waals surface area contributed by atoms with Crippen LogP contribution in [-0.4, -0.2) is 74.7 Å². The summed E-state index contributed by atoms with van der Waals surface area (Å²) in [6, 6.07) is 11.6. The highest BCUT2D eigenvalue weighted by Crippen LogP contribution is 2.33. The molecule has 1 fully saturated rings. The zero-order chi connectivity index (χ0) is 25.2. The van der Waals surface area contributed by atoms with Crippen molar-refractivity contribution >= 4 is 40.5 Å².